The van der Waals surface area contributed by atoms with Crippen molar-refractivity contribution in [2.75, 3.05) is 25.2 Å². The van der Waals surface area contributed by atoms with Gasteiger partial charge in [-0.2, -0.15) is 0 Å². The lowest BCUT2D eigenvalue weighted by Crippen LogP contribution is -2.18. The SMILES string of the molecule is CCc1sc(N(C)Cc2cccnc2)nc1-c1ccc(OCCCOc2ccc(C(=N)NO)cc2)cc1. The Balaban J connectivity index is 1.27. The fourth-order valence-electron chi connectivity index (χ4n) is 3.73. The topological polar surface area (TPSA) is 104 Å². The van der Waals surface area contributed by atoms with Crippen LogP contribution in [0.3, 0.4) is 0 Å². The molecule has 2 aromatic heterocycles. The highest BCUT2D eigenvalue weighted by Crippen LogP contribution is 2.34. The van der Waals surface area contributed by atoms with Crippen molar-refractivity contribution >= 4 is 22.3 Å². The first-order chi connectivity index (χ1) is 18.1. The molecule has 4 aromatic rings. The zero-order chi connectivity index (χ0) is 26.0. The van der Waals surface area contributed by atoms with Crippen molar-refractivity contribution in [1.82, 2.24) is 15.4 Å². The fraction of sp³-hybridized carbons (Fsp3) is 0.250. The number of aryl methyl sites for hydroxylation is 1. The molecule has 0 aliphatic carbocycles. The molecule has 0 atom stereocenters. The summed E-state index contributed by atoms with van der Waals surface area (Å²) in [6.07, 6.45) is 5.33. The summed E-state index contributed by atoms with van der Waals surface area (Å²) in [6.45, 7) is 3.97. The summed E-state index contributed by atoms with van der Waals surface area (Å²) in [5, 5.41) is 17.3. The van der Waals surface area contributed by atoms with E-state index in [0.717, 1.165) is 47.1 Å². The van der Waals surface area contributed by atoms with Crippen LogP contribution >= 0.6 is 11.3 Å². The van der Waals surface area contributed by atoms with Crippen LogP contribution in [-0.4, -0.2) is 41.3 Å². The van der Waals surface area contributed by atoms with E-state index >= 15 is 0 Å². The predicted octanol–water partition coefficient (Wildman–Crippen LogP) is 5.56. The molecule has 0 unspecified atom stereocenters. The first kappa shape index (κ1) is 26.1. The summed E-state index contributed by atoms with van der Waals surface area (Å²) in [5.74, 6) is 1.46. The number of hydroxylamine groups is 1. The average molecular weight is 518 g/mol. The molecule has 37 heavy (non-hydrogen) atoms. The Labute approximate surface area is 221 Å². The number of rotatable bonds is 12. The molecular formula is C28H31N5O3S. The molecule has 4 rings (SSSR count). The molecule has 0 aliphatic rings. The molecule has 0 aliphatic heterocycles. The number of amidine groups is 1. The number of thiazole rings is 1. The lowest BCUT2D eigenvalue weighted by Gasteiger charge is -2.15. The van der Waals surface area contributed by atoms with E-state index in [1.165, 1.54) is 4.88 Å². The van der Waals surface area contributed by atoms with Gasteiger partial charge in [0.1, 0.15) is 17.3 Å². The number of benzene rings is 2. The Hall–Kier alpha value is -3.95. The van der Waals surface area contributed by atoms with E-state index in [0.29, 0.717) is 24.5 Å². The first-order valence-corrected chi connectivity index (χ1v) is 12.9. The standard InChI is InChI=1S/C28H31N5O3S/c1-3-25-26(31-28(37-25)33(2)19-20-6-4-15-30-18-20)21-7-11-23(12-8-21)35-16-5-17-36-24-13-9-22(10-14-24)27(29)32-34/h4,6-15,18,34H,3,5,16-17,19H2,1-2H3,(H2,29,32). The number of hydrogen-bond donors (Lipinski definition) is 3. The van der Waals surface area contributed by atoms with Crippen molar-refractivity contribution in [3.05, 3.63) is 89.1 Å². The second kappa shape index (κ2) is 12.8. The maximum atomic E-state index is 8.79. The maximum Gasteiger partial charge on any atom is 0.186 e. The number of ether oxygens (including phenoxy) is 2. The van der Waals surface area contributed by atoms with E-state index in [1.807, 2.05) is 29.9 Å². The van der Waals surface area contributed by atoms with Crippen molar-refractivity contribution in [2.24, 2.45) is 0 Å². The molecule has 0 radical (unpaired) electrons. The molecule has 0 bridgehead atoms. The van der Waals surface area contributed by atoms with Crippen molar-refractivity contribution in [2.45, 2.75) is 26.3 Å². The third kappa shape index (κ3) is 7.05. The third-order valence-corrected chi connectivity index (χ3v) is 7.00. The molecular weight excluding hydrogens is 486 g/mol. The van der Waals surface area contributed by atoms with Crippen molar-refractivity contribution < 1.29 is 14.7 Å². The van der Waals surface area contributed by atoms with Gasteiger partial charge in [-0.25, -0.2) is 4.98 Å². The molecule has 0 spiro atoms. The molecule has 9 heteroatoms. The minimum atomic E-state index is -0.0553. The van der Waals surface area contributed by atoms with Gasteiger partial charge in [0.25, 0.3) is 0 Å². The zero-order valence-electron chi connectivity index (χ0n) is 21.0. The fourth-order valence-corrected chi connectivity index (χ4v) is 4.71. The minimum Gasteiger partial charge on any atom is -0.493 e. The number of nitrogens with zero attached hydrogens (tertiary/aromatic N) is 3. The zero-order valence-corrected chi connectivity index (χ0v) is 21.8. The second-order valence-electron chi connectivity index (χ2n) is 8.43. The number of pyridine rings is 1. The molecule has 8 nitrogen and oxygen atoms in total. The smallest absolute Gasteiger partial charge is 0.186 e. The molecule has 3 N–H and O–H groups in total. The van der Waals surface area contributed by atoms with Crippen LogP contribution in [0.5, 0.6) is 11.5 Å². The Kier molecular flexibility index (Phi) is 9.07. The van der Waals surface area contributed by atoms with Crippen LogP contribution in [-0.2, 0) is 13.0 Å². The summed E-state index contributed by atoms with van der Waals surface area (Å²) in [5.41, 5.74) is 5.67. The first-order valence-electron chi connectivity index (χ1n) is 12.1. The lowest BCUT2D eigenvalue weighted by molar-refractivity contribution is 0.234. The van der Waals surface area contributed by atoms with Gasteiger partial charge in [0, 0.05) is 48.4 Å². The van der Waals surface area contributed by atoms with Gasteiger partial charge < -0.3 is 14.4 Å². The summed E-state index contributed by atoms with van der Waals surface area (Å²) >= 11 is 1.73. The van der Waals surface area contributed by atoms with Crippen molar-refractivity contribution in [1.29, 1.82) is 5.41 Å². The second-order valence-corrected chi connectivity index (χ2v) is 9.49. The Bertz CT molecular complexity index is 1280. The van der Waals surface area contributed by atoms with Gasteiger partial charge in [0.05, 0.1) is 18.9 Å². The Morgan fingerprint density at radius 1 is 1.03 bits per heavy atom. The number of nitrogens with one attached hydrogen (secondary N) is 2. The highest BCUT2D eigenvalue weighted by molar-refractivity contribution is 7.16. The van der Waals surface area contributed by atoms with E-state index in [2.05, 4.69) is 42.1 Å². The van der Waals surface area contributed by atoms with Crippen LogP contribution in [0.15, 0.2) is 73.1 Å². The highest BCUT2D eigenvalue weighted by Gasteiger charge is 2.15. The molecule has 2 aromatic carbocycles. The van der Waals surface area contributed by atoms with Crippen molar-refractivity contribution in [3.63, 3.8) is 0 Å². The summed E-state index contributed by atoms with van der Waals surface area (Å²) in [7, 11) is 2.06. The molecule has 0 saturated heterocycles. The number of aromatic nitrogens is 2. The van der Waals surface area contributed by atoms with Gasteiger partial charge >= 0.3 is 0 Å². The summed E-state index contributed by atoms with van der Waals surface area (Å²) in [6, 6.07) is 19.1. The highest BCUT2D eigenvalue weighted by atomic mass is 32.1. The summed E-state index contributed by atoms with van der Waals surface area (Å²) in [4.78, 5) is 12.6. The molecule has 0 amide bonds. The van der Waals surface area contributed by atoms with E-state index < -0.39 is 0 Å². The Morgan fingerprint density at radius 3 is 2.30 bits per heavy atom. The van der Waals surface area contributed by atoms with Gasteiger partial charge in [-0.15, -0.1) is 11.3 Å². The molecule has 192 valence electrons. The van der Waals surface area contributed by atoms with E-state index in [-0.39, 0.29) is 5.84 Å². The quantitative estimate of drug-likeness (QED) is 0.0979. The van der Waals surface area contributed by atoms with E-state index in [4.69, 9.17) is 25.1 Å². The van der Waals surface area contributed by atoms with Gasteiger partial charge in [-0.05, 0) is 66.6 Å². The van der Waals surface area contributed by atoms with E-state index in [1.54, 1.807) is 41.8 Å². The van der Waals surface area contributed by atoms with Crippen LogP contribution < -0.4 is 19.9 Å². The lowest BCUT2D eigenvalue weighted by atomic mass is 10.1. The van der Waals surface area contributed by atoms with Gasteiger partial charge in [0.2, 0.25) is 0 Å². The van der Waals surface area contributed by atoms with Gasteiger partial charge in [-0.3, -0.25) is 21.1 Å². The van der Waals surface area contributed by atoms with Gasteiger partial charge in [-0.1, -0.05) is 13.0 Å². The maximum absolute atomic E-state index is 8.79. The number of anilines is 1. The van der Waals surface area contributed by atoms with Crippen LogP contribution in [0.2, 0.25) is 0 Å². The molecule has 0 fully saturated rings. The van der Waals surface area contributed by atoms with Crippen molar-refractivity contribution in [3.8, 4) is 22.8 Å². The molecule has 0 saturated carbocycles. The van der Waals surface area contributed by atoms with Crippen LogP contribution in [0.4, 0.5) is 5.13 Å². The van der Waals surface area contributed by atoms with Crippen LogP contribution in [0.1, 0.15) is 29.3 Å². The van der Waals surface area contributed by atoms with Crippen LogP contribution in [0, 0.1) is 5.41 Å². The van der Waals surface area contributed by atoms with E-state index in [9.17, 15) is 0 Å². The van der Waals surface area contributed by atoms with Crippen LogP contribution in [0.25, 0.3) is 11.3 Å². The van der Waals surface area contributed by atoms with Gasteiger partial charge in [0.15, 0.2) is 5.13 Å². The minimum absolute atomic E-state index is 0.0553. The number of hydrogen-bond acceptors (Lipinski definition) is 8. The largest absolute Gasteiger partial charge is 0.493 e. The third-order valence-electron chi connectivity index (χ3n) is 5.68. The Morgan fingerprint density at radius 2 is 1.70 bits per heavy atom. The normalized spacial score (nSPS) is 10.7. The molecule has 2 heterocycles. The average Bonchev–Trinajstić information content (AvgIpc) is 3.38. The predicted molar refractivity (Wildman–Crippen MR) is 147 cm³/mol. The summed E-state index contributed by atoms with van der Waals surface area (Å²) < 4.78 is 11.6. The monoisotopic (exact) mass is 517 g/mol.